The summed E-state index contributed by atoms with van der Waals surface area (Å²) in [5, 5.41) is 0. The Kier molecular flexibility index (Phi) is 7.30. The van der Waals surface area contributed by atoms with Crippen LogP contribution in [0.15, 0.2) is 0 Å². The third-order valence-corrected chi connectivity index (χ3v) is 3.43. The van der Waals surface area contributed by atoms with Gasteiger partial charge in [-0.15, -0.1) is 0 Å². The van der Waals surface area contributed by atoms with Gasteiger partial charge in [-0.3, -0.25) is 0 Å². The van der Waals surface area contributed by atoms with Crippen LogP contribution in [0.2, 0.25) is 0 Å². The lowest BCUT2D eigenvalue weighted by atomic mass is 9.76. The van der Waals surface area contributed by atoms with E-state index in [1.807, 2.05) is 0 Å². The molecule has 0 aromatic heterocycles. The van der Waals surface area contributed by atoms with E-state index in [4.69, 9.17) is 0 Å². The first-order chi connectivity index (χ1) is 6.91. The smallest absolute Gasteiger partial charge is 0.0352 e. The van der Waals surface area contributed by atoms with Crippen LogP contribution < -0.4 is 0 Å². The van der Waals surface area contributed by atoms with Crippen LogP contribution in [0, 0.1) is 17.3 Å². The predicted octanol–water partition coefficient (Wildman–Crippen LogP) is 5.67. The molecular formula is C15H32. The Hall–Kier alpha value is 0. The molecule has 0 nitrogen and oxygen atoms in total. The molecule has 0 aliphatic heterocycles. The largest absolute Gasteiger partial charge is 0.0654 e. The van der Waals surface area contributed by atoms with Gasteiger partial charge in [-0.05, 0) is 36.5 Å². The van der Waals surface area contributed by atoms with Gasteiger partial charge in [0.05, 0.1) is 0 Å². The molecule has 1 atom stereocenters. The molecule has 0 heterocycles. The molecule has 92 valence electrons. The normalized spacial score (nSPS) is 14.6. The molecule has 0 bridgehead atoms. The fourth-order valence-electron chi connectivity index (χ4n) is 2.60. The molecule has 0 radical (unpaired) electrons. The molecule has 0 aliphatic rings. The lowest BCUT2D eigenvalue weighted by molar-refractivity contribution is 0.217. The van der Waals surface area contributed by atoms with Gasteiger partial charge in [0.15, 0.2) is 0 Å². The van der Waals surface area contributed by atoms with Crippen molar-refractivity contribution in [3.8, 4) is 0 Å². The third kappa shape index (κ3) is 7.88. The predicted molar refractivity (Wildman–Crippen MR) is 71.2 cm³/mol. The second-order valence-electron chi connectivity index (χ2n) is 6.38. The number of unbranched alkanes of at least 4 members (excludes halogenated alkanes) is 1. The zero-order valence-corrected chi connectivity index (χ0v) is 11.9. The van der Waals surface area contributed by atoms with Crippen LogP contribution in [0.1, 0.15) is 80.1 Å². The minimum absolute atomic E-state index is 0.561. The average Bonchev–Trinajstić information content (AvgIpc) is 2.12. The van der Waals surface area contributed by atoms with Crippen LogP contribution in [0.25, 0.3) is 0 Å². The minimum atomic E-state index is 0.561. The molecule has 0 saturated heterocycles. The standard InChI is InChI=1S/C15H32/c1-7-9-10-15(5,6)12-14(8-2)11-13(3)4/h13-14H,7-12H2,1-6H3. The van der Waals surface area contributed by atoms with Crippen LogP contribution in [-0.4, -0.2) is 0 Å². The van der Waals surface area contributed by atoms with E-state index in [0.717, 1.165) is 11.8 Å². The van der Waals surface area contributed by atoms with Crippen LogP contribution in [0.5, 0.6) is 0 Å². The van der Waals surface area contributed by atoms with Crippen LogP contribution in [0.3, 0.4) is 0 Å². The van der Waals surface area contributed by atoms with Crippen molar-refractivity contribution >= 4 is 0 Å². The Balaban J connectivity index is 4.02. The summed E-state index contributed by atoms with van der Waals surface area (Å²) < 4.78 is 0. The summed E-state index contributed by atoms with van der Waals surface area (Å²) >= 11 is 0. The van der Waals surface area contributed by atoms with E-state index in [1.54, 1.807) is 0 Å². The van der Waals surface area contributed by atoms with Gasteiger partial charge in [0.25, 0.3) is 0 Å². The van der Waals surface area contributed by atoms with Crippen LogP contribution in [-0.2, 0) is 0 Å². The highest BCUT2D eigenvalue weighted by atomic mass is 14.3. The molecule has 0 aromatic rings. The average molecular weight is 212 g/mol. The molecule has 0 saturated carbocycles. The van der Waals surface area contributed by atoms with Gasteiger partial charge in [-0.1, -0.05) is 60.8 Å². The second kappa shape index (κ2) is 7.30. The van der Waals surface area contributed by atoms with E-state index in [0.29, 0.717) is 5.41 Å². The van der Waals surface area contributed by atoms with E-state index >= 15 is 0 Å². The fraction of sp³-hybridized carbons (Fsp3) is 1.00. The van der Waals surface area contributed by atoms with Crippen molar-refractivity contribution in [1.29, 1.82) is 0 Å². The summed E-state index contributed by atoms with van der Waals surface area (Å²) in [5.41, 5.74) is 0.561. The summed E-state index contributed by atoms with van der Waals surface area (Å²) in [6.07, 6.45) is 8.31. The Labute approximate surface area is 97.8 Å². The van der Waals surface area contributed by atoms with E-state index in [1.165, 1.54) is 38.5 Å². The monoisotopic (exact) mass is 212 g/mol. The summed E-state index contributed by atoms with van der Waals surface area (Å²) in [4.78, 5) is 0. The number of hydrogen-bond donors (Lipinski definition) is 0. The van der Waals surface area contributed by atoms with Crippen molar-refractivity contribution in [3.63, 3.8) is 0 Å². The molecule has 15 heavy (non-hydrogen) atoms. The first kappa shape index (κ1) is 15.0. The topological polar surface area (TPSA) is 0 Å². The molecule has 0 amide bonds. The van der Waals surface area contributed by atoms with Gasteiger partial charge in [0.2, 0.25) is 0 Å². The minimum Gasteiger partial charge on any atom is -0.0654 e. The quantitative estimate of drug-likeness (QED) is 0.486. The molecular weight excluding hydrogens is 180 g/mol. The van der Waals surface area contributed by atoms with Gasteiger partial charge in [0, 0.05) is 0 Å². The van der Waals surface area contributed by atoms with Crippen LogP contribution in [0.4, 0.5) is 0 Å². The molecule has 0 aliphatic carbocycles. The molecule has 0 aromatic carbocycles. The van der Waals surface area contributed by atoms with Crippen molar-refractivity contribution in [2.24, 2.45) is 17.3 Å². The van der Waals surface area contributed by atoms with Gasteiger partial charge in [-0.25, -0.2) is 0 Å². The molecule has 1 unspecified atom stereocenters. The maximum absolute atomic E-state index is 2.45. The highest BCUT2D eigenvalue weighted by Gasteiger charge is 2.22. The zero-order chi connectivity index (χ0) is 11.9. The van der Waals surface area contributed by atoms with E-state index in [-0.39, 0.29) is 0 Å². The summed E-state index contributed by atoms with van der Waals surface area (Å²) in [5.74, 6) is 1.80. The Morgan fingerprint density at radius 2 is 1.67 bits per heavy atom. The van der Waals surface area contributed by atoms with Crippen molar-refractivity contribution in [2.75, 3.05) is 0 Å². The highest BCUT2D eigenvalue weighted by Crippen LogP contribution is 2.34. The number of hydrogen-bond acceptors (Lipinski definition) is 0. The zero-order valence-electron chi connectivity index (χ0n) is 11.9. The van der Waals surface area contributed by atoms with Crippen LogP contribution >= 0.6 is 0 Å². The molecule has 0 rings (SSSR count). The lowest BCUT2D eigenvalue weighted by Gasteiger charge is -2.30. The molecule has 0 N–H and O–H groups in total. The summed E-state index contributed by atoms with van der Waals surface area (Å²) in [6, 6.07) is 0. The number of rotatable bonds is 8. The molecule has 0 spiro atoms. The van der Waals surface area contributed by atoms with Crippen molar-refractivity contribution in [1.82, 2.24) is 0 Å². The van der Waals surface area contributed by atoms with Crippen molar-refractivity contribution in [2.45, 2.75) is 80.1 Å². The van der Waals surface area contributed by atoms with Gasteiger partial charge in [0.1, 0.15) is 0 Å². The molecule has 0 fully saturated rings. The van der Waals surface area contributed by atoms with Gasteiger partial charge >= 0.3 is 0 Å². The maximum atomic E-state index is 2.45. The Morgan fingerprint density at radius 3 is 2.07 bits per heavy atom. The molecule has 0 heteroatoms. The SMILES string of the molecule is CCCCC(C)(C)CC(CC)CC(C)C. The van der Waals surface area contributed by atoms with Gasteiger partial charge < -0.3 is 0 Å². The van der Waals surface area contributed by atoms with E-state index in [2.05, 4.69) is 41.5 Å². The fourth-order valence-corrected chi connectivity index (χ4v) is 2.60. The van der Waals surface area contributed by atoms with Crippen molar-refractivity contribution < 1.29 is 0 Å². The van der Waals surface area contributed by atoms with E-state index in [9.17, 15) is 0 Å². The lowest BCUT2D eigenvalue weighted by Crippen LogP contribution is -2.18. The highest BCUT2D eigenvalue weighted by molar-refractivity contribution is 4.73. The third-order valence-electron chi connectivity index (χ3n) is 3.43. The van der Waals surface area contributed by atoms with E-state index < -0.39 is 0 Å². The Bertz CT molecular complexity index is 144. The van der Waals surface area contributed by atoms with Gasteiger partial charge in [-0.2, -0.15) is 0 Å². The summed E-state index contributed by atoms with van der Waals surface area (Å²) in [7, 11) is 0. The Morgan fingerprint density at radius 1 is 1.07 bits per heavy atom. The first-order valence-corrected chi connectivity index (χ1v) is 6.91. The van der Waals surface area contributed by atoms with Crippen molar-refractivity contribution in [3.05, 3.63) is 0 Å². The maximum Gasteiger partial charge on any atom is -0.0352 e. The summed E-state index contributed by atoms with van der Waals surface area (Å²) in [6.45, 7) is 14.2. The second-order valence-corrected chi connectivity index (χ2v) is 6.38. The first-order valence-electron chi connectivity index (χ1n) is 6.91.